The predicted octanol–water partition coefficient (Wildman–Crippen LogP) is 3.07. The van der Waals surface area contributed by atoms with E-state index < -0.39 is 10.0 Å². The maximum Gasteiger partial charge on any atom is 0.213 e. The van der Waals surface area contributed by atoms with Crippen LogP contribution in [0.15, 0.2) is 29.3 Å². The zero-order valence-corrected chi connectivity index (χ0v) is 22.5. The third kappa shape index (κ3) is 9.93. The van der Waals surface area contributed by atoms with Crippen molar-refractivity contribution in [2.45, 2.75) is 58.5 Å². The third-order valence-electron chi connectivity index (χ3n) is 6.12. The Bertz CT molecular complexity index is 791. The lowest BCUT2D eigenvalue weighted by Crippen LogP contribution is -2.42. The maximum atomic E-state index is 12.2. The van der Waals surface area contributed by atoms with Gasteiger partial charge in [0.1, 0.15) is 0 Å². The second-order valence-corrected chi connectivity index (χ2v) is 10.7. The van der Waals surface area contributed by atoms with Crippen LogP contribution in [-0.4, -0.2) is 57.8 Å². The van der Waals surface area contributed by atoms with Gasteiger partial charge < -0.3 is 10.6 Å². The van der Waals surface area contributed by atoms with Gasteiger partial charge in [0.05, 0.1) is 12.3 Å². The van der Waals surface area contributed by atoms with E-state index in [0.29, 0.717) is 31.5 Å². The van der Waals surface area contributed by atoms with E-state index in [2.05, 4.69) is 49.5 Å². The average Bonchev–Trinajstić information content (AvgIpc) is 2.72. The second kappa shape index (κ2) is 14.4. The quantitative estimate of drug-likeness (QED) is 0.214. The van der Waals surface area contributed by atoms with Gasteiger partial charge in [-0.1, -0.05) is 37.1 Å². The lowest BCUT2D eigenvalue weighted by atomic mass is 9.86. The molecule has 2 fully saturated rings. The molecule has 1 saturated heterocycles. The Kier molecular flexibility index (Phi) is 12.3. The molecule has 1 aliphatic carbocycles. The lowest BCUT2D eigenvalue weighted by molar-refractivity contribution is 0.221. The van der Waals surface area contributed by atoms with Gasteiger partial charge in [0, 0.05) is 26.2 Å². The zero-order chi connectivity index (χ0) is 21.9. The molecule has 1 aliphatic heterocycles. The molecule has 1 aromatic rings. The summed E-state index contributed by atoms with van der Waals surface area (Å²) in [6.07, 6.45) is 7.47. The van der Waals surface area contributed by atoms with E-state index in [1.165, 1.54) is 44.3 Å². The van der Waals surface area contributed by atoms with Crippen LogP contribution in [0.2, 0.25) is 0 Å². The molecule has 3 rings (SSSR count). The molecule has 32 heavy (non-hydrogen) atoms. The molecule has 0 radical (unpaired) electrons. The SMILES string of the molecule is CCNC(=NCc1ccc(CN2CCCCC2)cc1)NCCS(=O)(=O)NCC1CCC1.I. The number of hydrogen-bond acceptors (Lipinski definition) is 4. The van der Waals surface area contributed by atoms with Gasteiger partial charge in [-0.3, -0.25) is 4.90 Å². The van der Waals surface area contributed by atoms with Crippen molar-refractivity contribution in [2.24, 2.45) is 10.9 Å². The summed E-state index contributed by atoms with van der Waals surface area (Å²) in [5.74, 6) is 1.22. The monoisotopic (exact) mass is 577 g/mol. The number of benzene rings is 1. The summed E-state index contributed by atoms with van der Waals surface area (Å²) < 4.78 is 27.0. The van der Waals surface area contributed by atoms with Gasteiger partial charge in [-0.15, -0.1) is 24.0 Å². The van der Waals surface area contributed by atoms with E-state index in [-0.39, 0.29) is 29.7 Å². The summed E-state index contributed by atoms with van der Waals surface area (Å²) in [6, 6.07) is 8.67. The molecule has 0 aromatic heterocycles. The lowest BCUT2D eigenvalue weighted by Gasteiger charge is -2.26. The minimum atomic E-state index is -3.25. The first-order chi connectivity index (χ1) is 15.0. The average molecular weight is 578 g/mol. The molecular formula is C23H40IN5O2S. The zero-order valence-electron chi connectivity index (χ0n) is 19.3. The van der Waals surface area contributed by atoms with Crippen LogP contribution in [0.5, 0.6) is 0 Å². The minimum absolute atomic E-state index is 0. The highest BCUT2D eigenvalue weighted by atomic mass is 127. The molecule has 3 N–H and O–H groups in total. The first kappa shape index (κ1) is 27.3. The molecule has 9 heteroatoms. The highest BCUT2D eigenvalue weighted by Crippen LogP contribution is 2.25. The van der Waals surface area contributed by atoms with Crippen LogP contribution >= 0.6 is 24.0 Å². The molecule has 1 aromatic carbocycles. The molecule has 0 bridgehead atoms. The fraction of sp³-hybridized carbons (Fsp3) is 0.696. The number of nitrogens with one attached hydrogen (secondary N) is 3. The number of piperidine rings is 1. The van der Waals surface area contributed by atoms with Crippen molar-refractivity contribution in [2.75, 3.05) is 38.5 Å². The Morgan fingerprint density at radius 2 is 1.72 bits per heavy atom. The maximum absolute atomic E-state index is 12.2. The van der Waals surface area contributed by atoms with Crippen molar-refractivity contribution in [1.29, 1.82) is 0 Å². The molecular weight excluding hydrogens is 537 g/mol. The normalized spacial score (nSPS) is 18.0. The van der Waals surface area contributed by atoms with Crippen molar-refractivity contribution in [3.63, 3.8) is 0 Å². The second-order valence-electron chi connectivity index (χ2n) is 8.74. The fourth-order valence-electron chi connectivity index (χ4n) is 3.96. The fourth-order valence-corrected chi connectivity index (χ4v) is 4.96. The summed E-state index contributed by atoms with van der Waals surface area (Å²) in [5, 5.41) is 6.33. The van der Waals surface area contributed by atoms with Gasteiger partial charge in [0.25, 0.3) is 0 Å². The van der Waals surface area contributed by atoms with Crippen molar-refractivity contribution in [3.8, 4) is 0 Å². The highest BCUT2D eigenvalue weighted by Gasteiger charge is 2.20. The third-order valence-corrected chi connectivity index (χ3v) is 7.47. The standard InChI is InChI=1S/C23H39N5O2S.HI/c1-2-24-23(25-13-16-31(29,30)27-18-20-7-6-8-20)26-17-21-9-11-22(12-10-21)19-28-14-4-3-5-15-28;/h9-12,20,27H,2-8,13-19H2,1H3,(H2,24,25,26);1H. The van der Waals surface area contributed by atoms with Crippen LogP contribution < -0.4 is 15.4 Å². The molecule has 7 nitrogen and oxygen atoms in total. The number of aliphatic imine (C=N–C) groups is 1. The van der Waals surface area contributed by atoms with Crippen LogP contribution in [0.3, 0.4) is 0 Å². The van der Waals surface area contributed by atoms with Crippen molar-refractivity contribution < 1.29 is 8.42 Å². The summed E-state index contributed by atoms with van der Waals surface area (Å²) in [4.78, 5) is 7.14. The largest absolute Gasteiger partial charge is 0.357 e. The number of sulfonamides is 1. The summed E-state index contributed by atoms with van der Waals surface area (Å²) in [6.45, 7) is 7.63. The number of likely N-dealkylation sites (tertiary alicyclic amines) is 1. The van der Waals surface area contributed by atoms with Gasteiger partial charge in [0.2, 0.25) is 10.0 Å². The van der Waals surface area contributed by atoms with E-state index in [4.69, 9.17) is 0 Å². The predicted molar refractivity (Wildman–Crippen MR) is 143 cm³/mol. The van der Waals surface area contributed by atoms with Crippen LogP contribution in [0.4, 0.5) is 0 Å². The number of rotatable bonds is 11. The summed E-state index contributed by atoms with van der Waals surface area (Å²) >= 11 is 0. The number of hydrogen-bond donors (Lipinski definition) is 3. The minimum Gasteiger partial charge on any atom is -0.357 e. The Morgan fingerprint density at radius 3 is 2.34 bits per heavy atom. The van der Waals surface area contributed by atoms with Crippen LogP contribution in [-0.2, 0) is 23.1 Å². The molecule has 0 atom stereocenters. The van der Waals surface area contributed by atoms with Gasteiger partial charge in [-0.2, -0.15) is 0 Å². The van der Waals surface area contributed by atoms with E-state index in [9.17, 15) is 8.42 Å². The van der Waals surface area contributed by atoms with Crippen LogP contribution in [0.25, 0.3) is 0 Å². The Labute approximate surface area is 211 Å². The molecule has 0 unspecified atom stereocenters. The molecule has 1 heterocycles. The first-order valence-corrected chi connectivity index (χ1v) is 13.5. The van der Waals surface area contributed by atoms with E-state index in [1.807, 2.05) is 6.92 Å². The smallest absolute Gasteiger partial charge is 0.213 e. The van der Waals surface area contributed by atoms with E-state index in [0.717, 1.165) is 31.5 Å². The summed E-state index contributed by atoms with van der Waals surface area (Å²) in [5.41, 5.74) is 2.49. The summed E-state index contributed by atoms with van der Waals surface area (Å²) in [7, 11) is -3.25. The molecule has 182 valence electrons. The highest BCUT2D eigenvalue weighted by molar-refractivity contribution is 14.0. The van der Waals surface area contributed by atoms with Gasteiger partial charge >= 0.3 is 0 Å². The Balaban J connectivity index is 0.00000363. The molecule has 2 aliphatic rings. The Morgan fingerprint density at radius 1 is 1.03 bits per heavy atom. The molecule has 0 spiro atoms. The molecule has 0 amide bonds. The van der Waals surface area contributed by atoms with Crippen molar-refractivity contribution in [1.82, 2.24) is 20.3 Å². The van der Waals surface area contributed by atoms with Crippen molar-refractivity contribution >= 4 is 40.0 Å². The van der Waals surface area contributed by atoms with E-state index >= 15 is 0 Å². The Hall–Kier alpha value is -0.910. The number of halogens is 1. The molecule has 1 saturated carbocycles. The number of nitrogens with zero attached hydrogens (tertiary/aromatic N) is 2. The van der Waals surface area contributed by atoms with E-state index in [1.54, 1.807) is 0 Å². The topological polar surface area (TPSA) is 85.8 Å². The van der Waals surface area contributed by atoms with Gasteiger partial charge in [-0.25, -0.2) is 18.1 Å². The van der Waals surface area contributed by atoms with Gasteiger partial charge in [-0.05, 0) is 62.7 Å². The van der Waals surface area contributed by atoms with Crippen LogP contribution in [0.1, 0.15) is 56.6 Å². The first-order valence-electron chi connectivity index (χ1n) is 11.8. The van der Waals surface area contributed by atoms with Gasteiger partial charge in [0.15, 0.2) is 5.96 Å². The number of guanidine groups is 1. The van der Waals surface area contributed by atoms with Crippen molar-refractivity contribution in [3.05, 3.63) is 35.4 Å². The van der Waals surface area contributed by atoms with Crippen LogP contribution in [0, 0.1) is 5.92 Å².